The third-order valence-electron chi connectivity index (χ3n) is 3.20. The minimum atomic E-state index is 0.153. The second-order valence-corrected chi connectivity index (χ2v) is 4.29. The molecule has 2 aliphatic heterocycles. The monoisotopic (exact) mass is 208 g/mol. The van der Waals surface area contributed by atoms with Crippen molar-refractivity contribution in [1.82, 2.24) is 10.3 Å². The molecule has 82 valence electrons. The molecular weight excluding hydrogens is 192 g/mol. The minimum Gasteiger partial charge on any atom is -0.443 e. The fourth-order valence-electron chi connectivity index (χ4n) is 2.31. The molecular formula is C11H16N2O2. The first-order valence-electron chi connectivity index (χ1n) is 5.71. The van der Waals surface area contributed by atoms with Crippen LogP contribution in [0.25, 0.3) is 0 Å². The summed E-state index contributed by atoms with van der Waals surface area (Å²) in [4.78, 5) is 4.36. The molecule has 0 radical (unpaired) electrons. The molecule has 4 nitrogen and oxygen atoms in total. The van der Waals surface area contributed by atoms with Gasteiger partial charge >= 0.3 is 0 Å². The van der Waals surface area contributed by atoms with Gasteiger partial charge in [0.15, 0.2) is 11.7 Å². The van der Waals surface area contributed by atoms with Gasteiger partial charge in [0.05, 0.1) is 6.20 Å². The Labute approximate surface area is 89.0 Å². The SMILES string of the molecule is c1nc(C2CCNC2)oc1C1CCCO1. The third kappa shape index (κ3) is 1.79. The number of hydrogen-bond acceptors (Lipinski definition) is 4. The highest BCUT2D eigenvalue weighted by Gasteiger charge is 2.25. The molecule has 0 bridgehead atoms. The fourth-order valence-corrected chi connectivity index (χ4v) is 2.31. The van der Waals surface area contributed by atoms with Crippen molar-refractivity contribution in [1.29, 1.82) is 0 Å². The lowest BCUT2D eigenvalue weighted by Crippen LogP contribution is -2.08. The molecule has 2 atom stereocenters. The molecule has 2 fully saturated rings. The van der Waals surface area contributed by atoms with Gasteiger partial charge < -0.3 is 14.5 Å². The average Bonchev–Trinajstić information content (AvgIpc) is 3.02. The summed E-state index contributed by atoms with van der Waals surface area (Å²) >= 11 is 0. The van der Waals surface area contributed by atoms with Gasteiger partial charge in [0.2, 0.25) is 0 Å². The molecule has 0 aliphatic carbocycles. The third-order valence-corrected chi connectivity index (χ3v) is 3.20. The summed E-state index contributed by atoms with van der Waals surface area (Å²) < 4.78 is 11.3. The van der Waals surface area contributed by atoms with Crippen LogP contribution in [0.5, 0.6) is 0 Å². The topological polar surface area (TPSA) is 47.3 Å². The van der Waals surface area contributed by atoms with Crippen LogP contribution in [0.2, 0.25) is 0 Å². The van der Waals surface area contributed by atoms with Crippen LogP contribution in [-0.2, 0) is 4.74 Å². The van der Waals surface area contributed by atoms with Gasteiger partial charge in [0.1, 0.15) is 6.10 Å². The summed E-state index contributed by atoms with van der Waals surface area (Å²) in [5.41, 5.74) is 0. The molecule has 2 aliphatic rings. The second kappa shape index (κ2) is 3.94. The molecule has 1 aromatic heterocycles. The van der Waals surface area contributed by atoms with E-state index in [2.05, 4.69) is 10.3 Å². The lowest BCUT2D eigenvalue weighted by Gasteiger charge is -2.05. The zero-order valence-corrected chi connectivity index (χ0v) is 8.74. The Hall–Kier alpha value is -0.870. The van der Waals surface area contributed by atoms with Gasteiger partial charge in [-0.3, -0.25) is 0 Å². The lowest BCUT2D eigenvalue weighted by atomic mass is 10.1. The Morgan fingerprint density at radius 3 is 3.13 bits per heavy atom. The van der Waals surface area contributed by atoms with Crippen molar-refractivity contribution in [2.24, 2.45) is 0 Å². The van der Waals surface area contributed by atoms with E-state index >= 15 is 0 Å². The Morgan fingerprint density at radius 2 is 2.40 bits per heavy atom. The highest BCUT2D eigenvalue weighted by Crippen LogP contribution is 2.31. The number of hydrogen-bond donors (Lipinski definition) is 1. The van der Waals surface area contributed by atoms with Crippen molar-refractivity contribution >= 4 is 0 Å². The zero-order valence-electron chi connectivity index (χ0n) is 8.74. The molecule has 4 heteroatoms. The van der Waals surface area contributed by atoms with E-state index in [9.17, 15) is 0 Å². The smallest absolute Gasteiger partial charge is 0.198 e. The van der Waals surface area contributed by atoms with Crippen LogP contribution >= 0.6 is 0 Å². The summed E-state index contributed by atoms with van der Waals surface area (Å²) in [6.07, 6.45) is 5.32. The molecule has 0 spiro atoms. The van der Waals surface area contributed by atoms with Crippen molar-refractivity contribution in [3.05, 3.63) is 17.8 Å². The Kier molecular flexibility index (Phi) is 2.46. The normalized spacial score (nSPS) is 31.2. The van der Waals surface area contributed by atoms with E-state index in [1.807, 2.05) is 6.20 Å². The van der Waals surface area contributed by atoms with Gasteiger partial charge in [0.25, 0.3) is 0 Å². The van der Waals surface area contributed by atoms with Crippen molar-refractivity contribution in [3.8, 4) is 0 Å². The van der Waals surface area contributed by atoms with E-state index in [0.717, 1.165) is 50.6 Å². The highest BCUT2D eigenvalue weighted by atomic mass is 16.5. The Bertz CT molecular complexity index is 295. The molecule has 0 aromatic carbocycles. The van der Waals surface area contributed by atoms with E-state index in [1.165, 1.54) is 0 Å². The summed E-state index contributed by atoms with van der Waals surface area (Å²) in [6, 6.07) is 0. The van der Waals surface area contributed by atoms with Gasteiger partial charge in [-0.05, 0) is 25.8 Å². The molecule has 1 N–H and O–H groups in total. The van der Waals surface area contributed by atoms with Crippen molar-refractivity contribution in [3.63, 3.8) is 0 Å². The molecule has 0 amide bonds. The zero-order chi connectivity index (χ0) is 10.1. The second-order valence-electron chi connectivity index (χ2n) is 4.29. The van der Waals surface area contributed by atoms with Crippen molar-refractivity contribution in [2.45, 2.75) is 31.3 Å². The molecule has 3 heterocycles. The van der Waals surface area contributed by atoms with Crippen molar-refractivity contribution in [2.75, 3.05) is 19.7 Å². The summed E-state index contributed by atoms with van der Waals surface area (Å²) in [7, 11) is 0. The van der Waals surface area contributed by atoms with E-state index in [0.29, 0.717) is 5.92 Å². The molecule has 1 aromatic rings. The van der Waals surface area contributed by atoms with Crippen LogP contribution < -0.4 is 5.32 Å². The number of oxazole rings is 1. The fraction of sp³-hybridized carbons (Fsp3) is 0.727. The Balaban J connectivity index is 1.74. The number of ether oxygens (including phenoxy) is 1. The molecule has 0 saturated carbocycles. The van der Waals surface area contributed by atoms with E-state index in [4.69, 9.17) is 9.15 Å². The number of nitrogens with one attached hydrogen (secondary N) is 1. The molecule has 2 unspecified atom stereocenters. The summed E-state index contributed by atoms with van der Waals surface area (Å²) in [5.74, 6) is 2.25. The van der Waals surface area contributed by atoms with E-state index in [1.54, 1.807) is 0 Å². The first kappa shape index (κ1) is 9.36. The number of rotatable bonds is 2. The molecule has 3 rings (SSSR count). The maximum atomic E-state index is 5.78. The van der Waals surface area contributed by atoms with Gasteiger partial charge in [-0.1, -0.05) is 0 Å². The van der Waals surface area contributed by atoms with Crippen molar-refractivity contribution < 1.29 is 9.15 Å². The first-order chi connectivity index (χ1) is 7.43. The Morgan fingerprint density at radius 1 is 1.40 bits per heavy atom. The first-order valence-corrected chi connectivity index (χ1v) is 5.71. The van der Waals surface area contributed by atoms with Crippen LogP contribution in [0.15, 0.2) is 10.6 Å². The lowest BCUT2D eigenvalue weighted by molar-refractivity contribution is 0.0921. The number of nitrogens with zero attached hydrogens (tertiary/aromatic N) is 1. The maximum Gasteiger partial charge on any atom is 0.198 e. The quantitative estimate of drug-likeness (QED) is 0.802. The maximum absolute atomic E-state index is 5.78. The van der Waals surface area contributed by atoms with E-state index < -0.39 is 0 Å². The van der Waals surface area contributed by atoms with Crippen LogP contribution in [-0.4, -0.2) is 24.7 Å². The van der Waals surface area contributed by atoms with Gasteiger partial charge in [-0.25, -0.2) is 4.98 Å². The standard InChI is InChI=1S/C11H16N2O2/c1-2-9(14-5-1)10-7-13-11(15-10)8-3-4-12-6-8/h7-9,12H,1-6H2. The average molecular weight is 208 g/mol. The predicted octanol–water partition coefficient (Wildman–Crippen LogP) is 1.60. The minimum absolute atomic E-state index is 0.153. The largest absolute Gasteiger partial charge is 0.443 e. The predicted molar refractivity (Wildman–Crippen MR) is 54.7 cm³/mol. The summed E-state index contributed by atoms with van der Waals surface area (Å²) in [6.45, 7) is 2.92. The van der Waals surface area contributed by atoms with Crippen LogP contribution in [0.4, 0.5) is 0 Å². The van der Waals surface area contributed by atoms with Gasteiger partial charge in [-0.2, -0.15) is 0 Å². The van der Waals surface area contributed by atoms with Crippen LogP contribution in [0.3, 0.4) is 0 Å². The highest BCUT2D eigenvalue weighted by molar-refractivity contribution is 5.04. The number of aromatic nitrogens is 1. The van der Waals surface area contributed by atoms with Crippen LogP contribution in [0.1, 0.15) is 42.9 Å². The van der Waals surface area contributed by atoms with E-state index in [-0.39, 0.29) is 6.10 Å². The van der Waals surface area contributed by atoms with Gasteiger partial charge in [-0.15, -0.1) is 0 Å². The molecule has 2 saturated heterocycles. The summed E-state index contributed by atoms with van der Waals surface area (Å²) in [5, 5.41) is 3.32. The van der Waals surface area contributed by atoms with Crippen LogP contribution in [0, 0.1) is 0 Å². The van der Waals surface area contributed by atoms with Gasteiger partial charge in [0, 0.05) is 19.1 Å². The molecule has 15 heavy (non-hydrogen) atoms.